The summed E-state index contributed by atoms with van der Waals surface area (Å²) in [6.07, 6.45) is -1.17. The van der Waals surface area contributed by atoms with Gasteiger partial charge in [0.2, 0.25) is 0 Å². The molecule has 0 radical (unpaired) electrons. The van der Waals surface area contributed by atoms with Gasteiger partial charge in [-0.15, -0.1) is 0 Å². The normalized spacial score (nSPS) is 16.7. The lowest BCUT2D eigenvalue weighted by molar-refractivity contribution is 0.186. The van der Waals surface area contributed by atoms with E-state index in [9.17, 15) is 9.59 Å². The maximum absolute atomic E-state index is 13.3. The number of hydrogen-bond donors (Lipinski definition) is 2. The fraction of sp³-hybridized carbons (Fsp3) is 0.500. The minimum Gasteiger partial charge on any atom is -0.465 e. The summed E-state index contributed by atoms with van der Waals surface area (Å²) < 4.78 is 1.49. The highest BCUT2D eigenvalue weighted by atomic mass is 35.5. The monoisotopic (exact) mass is 393 g/mol. The molecular weight excluding hydrogens is 370 g/mol. The molecule has 0 bridgehead atoms. The SMILES string of the molecule is CC(NC(=O)O)c1nc2cccc(Cl)c2c(=O)n1N1CCN(C(C)C)CC1. The Kier molecular flexibility index (Phi) is 5.57. The quantitative estimate of drug-likeness (QED) is 0.826. The molecule has 9 heteroatoms. The highest BCUT2D eigenvalue weighted by molar-refractivity contribution is 6.35. The van der Waals surface area contributed by atoms with Gasteiger partial charge in [0.05, 0.1) is 22.0 Å². The summed E-state index contributed by atoms with van der Waals surface area (Å²) in [4.78, 5) is 31.3. The maximum Gasteiger partial charge on any atom is 0.405 e. The number of benzene rings is 1. The second kappa shape index (κ2) is 7.74. The Bertz CT molecular complexity index is 906. The number of carboxylic acid groups (broad SMARTS) is 1. The Balaban J connectivity index is 2.11. The van der Waals surface area contributed by atoms with Gasteiger partial charge in [0.1, 0.15) is 0 Å². The zero-order valence-electron chi connectivity index (χ0n) is 15.6. The average molecular weight is 394 g/mol. The lowest BCUT2D eigenvalue weighted by Gasteiger charge is -2.39. The summed E-state index contributed by atoms with van der Waals surface area (Å²) in [6, 6.07) is 4.87. The van der Waals surface area contributed by atoms with E-state index in [0.717, 1.165) is 13.1 Å². The van der Waals surface area contributed by atoms with E-state index in [4.69, 9.17) is 16.7 Å². The van der Waals surface area contributed by atoms with Crippen molar-refractivity contribution in [3.8, 4) is 0 Å². The van der Waals surface area contributed by atoms with Gasteiger partial charge in [-0.05, 0) is 32.9 Å². The summed E-state index contributed by atoms with van der Waals surface area (Å²) >= 11 is 6.26. The van der Waals surface area contributed by atoms with E-state index < -0.39 is 12.1 Å². The van der Waals surface area contributed by atoms with Crippen molar-refractivity contribution in [1.29, 1.82) is 0 Å². The van der Waals surface area contributed by atoms with Gasteiger partial charge in [-0.25, -0.2) is 14.5 Å². The minimum atomic E-state index is -1.17. The van der Waals surface area contributed by atoms with Crippen molar-refractivity contribution < 1.29 is 9.90 Å². The number of aromatic nitrogens is 2. The molecule has 1 amide bonds. The molecule has 0 saturated carbocycles. The van der Waals surface area contributed by atoms with Crippen LogP contribution in [-0.4, -0.2) is 58.0 Å². The molecule has 1 aromatic heterocycles. The smallest absolute Gasteiger partial charge is 0.405 e. The summed E-state index contributed by atoms with van der Waals surface area (Å²) in [5.41, 5.74) is 0.177. The van der Waals surface area contributed by atoms with E-state index >= 15 is 0 Å². The predicted octanol–water partition coefficient (Wildman–Crippen LogP) is 2.04. The van der Waals surface area contributed by atoms with Crippen molar-refractivity contribution in [3.05, 3.63) is 39.4 Å². The Labute approximate surface area is 162 Å². The topological polar surface area (TPSA) is 90.7 Å². The van der Waals surface area contributed by atoms with Crippen LogP contribution in [0.2, 0.25) is 5.02 Å². The number of carbonyl (C=O) groups is 1. The average Bonchev–Trinajstić information content (AvgIpc) is 2.61. The van der Waals surface area contributed by atoms with Crippen LogP contribution in [0.25, 0.3) is 10.9 Å². The van der Waals surface area contributed by atoms with Crippen LogP contribution in [0.3, 0.4) is 0 Å². The van der Waals surface area contributed by atoms with E-state index in [1.54, 1.807) is 25.1 Å². The first-order chi connectivity index (χ1) is 12.8. The summed E-state index contributed by atoms with van der Waals surface area (Å²) in [7, 11) is 0. The second-order valence-corrected chi connectivity index (χ2v) is 7.38. The first-order valence-corrected chi connectivity index (χ1v) is 9.37. The molecule has 0 spiro atoms. The van der Waals surface area contributed by atoms with Crippen molar-refractivity contribution in [3.63, 3.8) is 0 Å². The van der Waals surface area contributed by atoms with Gasteiger partial charge >= 0.3 is 6.09 Å². The van der Waals surface area contributed by atoms with Crippen LogP contribution in [0.4, 0.5) is 4.79 Å². The highest BCUT2D eigenvalue weighted by Gasteiger charge is 2.26. The van der Waals surface area contributed by atoms with Crippen LogP contribution in [0.1, 0.15) is 32.6 Å². The second-order valence-electron chi connectivity index (χ2n) is 6.98. The molecule has 1 atom stereocenters. The predicted molar refractivity (Wildman–Crippen MR) is 105 cm³/mol. The largest absolute Gasteiger partial charge is 0.465 e. The van der Waals surface area contributed by atoms with Crippen LogP contribution in [0, 0.1) is 0 Å². The molecule has 2 heterocycles. The number of halogens is 1. The van der Waals surface area contributed by atoms with Crippen molar-refractivity contribution in [2.45, 2.75) is 32.9 Å². The van der Waals surface area contributed by atoms with E-state index in [1.165, 1.54) is 4.68 Å². The lowest BCUT2D eigenvalue weighted by atomic mass is 10.2. The first-order valence-electron chi connectivity index (χ1n) is 8.99. The lowest BCUT2D eigenvalue weighted by Crippen LogP contribution is -2.56. The molecule has 146 valence electrons. The Morgan fingerprint density at radius 1 is 1.22 bits per heavy atom. The third kappa shape index (κ3) is 3.86. The molecule has 8 nitrogen and oxygen atoms in total. The van der Waals surface area contributed by atoms with E-state index in [0.29, 0.717) is 40.9 Å². The van der Waals surface area contributed by atoms with Crippen molar-refractivity contribution in [1.82, 2.24) is 19.9 Å². The molecule has 3 rings (SSSR count). The Hall–Kier alpha value is -2.32. The molecule has 1 aliphatic heterocycles. The van der Waals surface area contributed by atoms with Crippen LogP contribution < -0.4 is 15.9 Å². The zero-order chi connectivity index (χ0) is 19.7. The van der Waals surface area contributed by atoms with E-state index in [2.05, 4.69) is 29.0 Å². The molecule has 2 N–H and O–H groups in total. The number of nitrogens with zero attached hydrogens (tertiary/aromatic N) is 4. The number of nitrogens with one attached hydrogen (secondary N) is 1. The highest BCUT2D eigenvalue weighted by Crippen LogP contribution is 2.21. The van der Waals surface area contributed by atoms with Crippen molar-refractivity contribution >= 4 is 28.6 Å². The summed E-state index contributed by atoms with van der Waals surface area (Å²) in [6.45, 7) is 8.86. The molecule has 1 aliphatic rings. The van der Waals surface area contributed by atoms with E-state index in [1.807, 2.05) is 5.01 Å². The molecular formula is C18H24ClN5O3. The van der Waals surface area contributed by atoms with Gasteiger partial charge in [-0.1, -0.05) is 17.7 Å². The number of hydrogen-bond acceptors (Lipinski definition) is 5. The molecule has 27 heavy (non-hydrogen) atoms. The minimum absolute atomic E-state index is 0.280. The van der Waals surface area contributed by atoms with Gasteiger partial charge in [0.15, 0.2) is 5.82 Å². The van der Waals surface area contributed by atoms with Crippen LogP contribution >= 0.6 is 11.6 Å². The zero-order valence-corrected chi connectivity index (χ0v) is 16.4. The summed E-state index contributed by atoms with van der Waals surface area (Å²) in [5, 5.41) is 14.1. The fourth-order valence-electron chi connectivity index (χ4n) is 3.43. The van der Waals surface area contributed by atoms with Crippen molar-refractivity contribution in [2.24, 2.45) is 0 Å². The van der Waals surface area contributed by atoms with Gasteiger partial charge in [-0.3, -0.25) is 9.69 Å². The van der Waals surface area contributed by atoms with Gasteiger partial charge in [0, 0.05) is 32.2 Å². The summed E-state index contributed by atoms with van der Waals surface area (Å²) in [5.74, 6) is 0.357. The Morgan fingerprint density at radius 2 is 1.89 bits per heavy atom. The third-order valence-electron chi connectivity index (χ3n) is 4.88. The van der Waals surface area contributed by atoms with Gasteiger partial charge < -0.3 is 15.4 Å². The maximum atomic E-state index is 13.3. The Morgan fingerprint density at radius 3 is 2.48 bits per heavy atom. The third-order valence-corrected chi connectivity index (χ3v) is 5.20. The van der Waals surface area contributed by atoms with E-state index in [-0.39, 0.29) is 5.56 Å². The first kappa shape index (κ1) is 19.4. The molecule has 1 saturated heterocycles. The standard InChI is InChI=1S/C18H24ClN5O3/c1-11(2)22-7-9-23(10-8-22)24-16(12(3)20-18(26)27)21-14-6-4-5-13(19)15(14)17(24)25/h4-6,11-12,20H,7-10H2,1-3H3,(H,26,27). The molecule has 1 aromatic carbocycles. The molecule has 1 fully saturated rings. The molecule has 2 aromatic rings. The van der Waals surface area contributed by atoms with Crippen LogP contribution in [0.5, 0.6) is 0 Å². The number of amides is 1. The van der Waals surface area contributed by atoms with Gasteiger partial charge in [0.25, 0.3) is 5.56 Å². The van der Waals surface area contributed by atoms with Crippen LogP contribution in [-0.2, 0) is 0 Å². The van der Waals surface area contributed by atoms with Crippen LogP contribution in [0.15, 0.2) is 23.0 Å². The number of rotatable bonds is 4. The van der Waals surface area contributed by atoms with Crippen molar-refractivity contribution in [2.75, 3.05) is 31.2 Å². The number of piperazine rings is 1. The number of fused-ring (bicyclic) bond motifs is 1. The fourth-order valence-corrected chi connectivity index (χ4v) is 3.68. The molecule has 1 unspecified atom stereocenters. The van der Waals surface area contributed by atoms with Gasteiger partial charge in [-0.2, -0.15) is 0 Å². The molecule has 0 aliphatic carbocycles.